The second-order valence-electron chi connectivity index (χ2n) is 5.49. The molecule has 4 nitrogen and oxygen atoms in total. The van der Waals surface area contributed by atoms with Gasteiger partial charge in [-0.15, -0.1) is 0 Å². The average molecular weight is 286 g/mol. The lowest BCUT2D eigenvalue weighted by atomic mass is 9.92. The number of aryl methyl sites for hydroxylation is 1. The lowest BCUT2D eigenvalue weighted by Crippen LogP contribution is -2.45. The second kappa shape index (κ2) is 7.26. The molecule has 4 heteroatoms. The lowest BCUT2D eigenvalue weighted by molar-refractivity contribution is 0.0717. The van der Waals surface area contributed by atoms with Crippen LogP contribution in [0.5, 0.6) is 0 Å². The summed E-state index contributed by atoms with van der Waals surface area (Å²) in [5, 5.41) is 12.9. The molecule has 1 amide bonds. The van der Waals surface area contributed by atoms with Crippen LogP contribution < -0.4 is 11.1 Å². The predicted octanol–water partition coefficient (Wildman–Crippen LogP) is 1.34. The molecular formula is C17H22N2O2. The van der Waals surface area contributed by atoms with Crippen LogP contribution in [-0.4, -0.2) is 29.7 Å². The van der Waals surface area contributed by atoms with Gasteiger partial charge in [-0.05, 0) is 37.5 Å². The minimum absolute atomic E-state index is 0.164. The summed E-state index contributed by atoms with van der Waals surface area (Å²) in [6, 6.07) is 5.39. The predicted molar refractivity (Wildman–Crippen MR) is 82.8 cm³/mol. The number of aliphatic hydroxyl groups excluding tert-OH is 1. The Labute approximate surface area is 125 Å². The van der Waals surface area contributed by atoms with E-state index < -0.39 is 6.10 Å². The molecule has 0 aliphatic heterocycles. The normalized spacial score (nSPS) is 21.3. The highest BCUT2D eigenvalue weighted by atomic mass is 16.3. The Morgan fingerprint density at radius 1 is 1.43 bits per heavy atom. The number of rotatable bonds is 2. The van der Waals surface area contributed by atoms with Crippen LogP contribution in [0.4, 0.5) is 0 Å². The molecule has 0 spiro atoms. The van der Waals surface area contributed by atoms with Gasteiger partial charge in [0, 0.05) is 5.56 Å². The summed E-state index contributed by atoms with van der Waals surface area (Å²) in [7, 11) is 0. The first-order valence-electron chi connectivity index (χ1n) is 7.40. The molecule has 0 aromatic heterocycles. The Morgan fingerprint density at radius 3 is 2.90 bits per heavy atom. The molecule has 112 valence electrons. The number of amides is 1. The van der Waals surface area contributed by atoms with Crippen LogP contribution in [0.1, 0.15) is 47.2 Å². The van der Waals surface area contributed by atoms with Crippen molar-refractivity contribution in [2.24, 2.45) is 5.73 Å². The van der Waals surface area contributed by atoms with E-state index in [0.29, 0.717) is 11.1 Å². The number of hydrogen-bond acceptors (Lipinski definition) is 3. The Balaban J connectivity index is 2.18. The van der Waals surface area contributed by atoms with Crippen molar-refractivity contribution in [2.75, 3.05) is 6.54 Å². The van der Waals surface area contributed by atoms with E-state index in [9.17, 15) is 9.90 Å². The first-order chi connectivity index (χ1) is 10.1. The van der Waals surface area contributed by atoms with Crippen molar-refractivity contribution in [2.45, 2.75) is 44.8 Å². The zero-order valence-electron chi connectivity index (χ0n) is 12.4. The zero-order valence-corrected chi connectivity index (χ0v) is 12.4. The van der Waals surface area contributed by atoms with Crippen molar-refractivity contribution < 1.29 is 9.90 Å². The summed E-state index contributed by atoms with van der Waals surface area (Å²) < 4.78 is 0. The van der Waals surface area contributed by atoms with Gasteiger partial charge in [-0.3, -0.25) is 4.79 Å². The van der Waals surface area contributed by atoms with Gasteiger partial charge in [0.2, 0.25) is 0 Å². The van der Waals surface area contributed by atoms with Gasteiger partial charge in [-0.1, -0.05) is 30.7 Å². The molecule has 1 aliphatic rings. The van der Waals surface area contributed by atoms with Crippen molar-refractivity contribution in [3.63, 3.8) is 0 Å². The molecular weight excluding hydrogens is 264 g/mol. The van der Waals surface area contributed by atoms with Crippen LogP contribution in [0.2, 0.25) is 0 Å². The summed E-state index contributed by atoms with van der Waals surface area (Å²) in [6.45, 7) is 2.22. The molecule has 2 atom stereocenters. The third-order valence-electron chi connectivity index (χ3n) is 3.79. The van der Waals surface area contributed by atoms with Crippen LogP contribution in [0.15, 0.2) is 18.2 Å². The highest BCUT2D eigenvalue weighted by molar-refractivity contribution is 5.97. The molecule has 4 N–H and O–H groups in total. The summed E-state index contributed by atoms with van der Waals surface area (Å²) in [5.74, 6) is 5.55. The molecule has 0 heterocycles. The fourth-order valence-corrected chi connectivity index (χ4v) is 2.63. The maximum Gasteiger partial charge on any atom is 0.252 e. The van der Waals surface area contributed by atoms with Crippen molar-refractivity contribution in [3.05, 3.63) is 34.9 Å². The first-order valence-corrected chi connectivity index (χ1v) is 7.40. The topological polar surface area (TPSA) is 75.3 Å². The van der Waals surface area contributed by atoms with Gasteiger partial charge in [0.25, 0.3) is 5.91 Å². The average Bonchev–Trinajstić information content (AvgIpc) is 2.47. The SMILES string of the molecule is Cc1ccc(C(=O)NC2CCCCC2O)c(C#CCN)c1. The molecule has 0 saturated heterocycles. The fraction of sp³-hybridized carbons (Fsp3) is 0.471. The van der Waals surface area contributed by atoms with E-state index in [4.69, 9.17) is 5.73 Å². The molecule has 1 aromatic rings. The maximum absolute atomic E-state index is 12.4. The van der Waals surface area contributed by atoms with Gasteiger partial charge in [-0.2, -0.15) is 0 Å². The number of nitrogens with one attached hydrogen (secondary N) is 1. The van der Waals surface area contributed by atoms with Crippen LogP contribution >= 0.6 is 0 Å². The van der Waals surface area contributed by atoms with Gasteiger partial charge in [0.1, 0.15) is 0 Å². The number of aliphatic hydroxyl groups is 1. The van der Waals surface area contributed by atoms with Gasteiger partial charge >= 0.3 is 0 Å². The molecule has 21 heavy (non-hydrogen) atoms. The highest BCUT2D eigenvalue weighted by Crippen LogP contribution is 2.19. The zero-order chi connectivity index (χ0) is 15.2. The van der Waals surface area contributed by atoms with Crippen LogP contribution in [0.3, 0.4) is 0 Å². The van der Waals surface area contributed by atoms with E-state index in [-0.39, 0.29) is 18.5 Å². The highest BCUT2D eigenvalue weighted by Gasteiger charge is 2.25. The number of hydrogen-bond donors (Lipinski definition) is 3. The van der Waals surface area contributed by atoms with Gasteiger partial charge < -0.3 is 16.2 Å². The molecule has 1 aliphatic carbocycles. The van der Waals surface area contributed by atoms with Crippen LogP contribution in [-0.2, 0) is 0 Å². The molecule has 0 radical (unpaired) electrons. The summed E-state index contributed by atoms with van der Waals surface area (Å²) >= 11 is 0. The van der Waals surface area contributed by atoms with E-state index >= 15 is 0 Å². The van der Waals surface area contributed by atoms with Crippen molar-refractivity contribution in [1.29, 1.82) is 0 Å². The van der Waals surface area contributed by atoms with E-state index in [0.717, 1.165) is 31.2 Å². The smallest absolute Gasteiger partial charge is 0.252 e. The third kappa shape index (κ3) is 4.07. The minimum atomic E-state index is -0.452. The molecule has 1 saturated carbocycles. The monoisotopic (exact) mass is 286 g/mol. The largest absolute Gasteiger partial charge is 0.391 e. The third-order valence-corrected chi connectivity index (χ3v) is 3.79. The quantitative estimate of drug-likeness (QED) is 0.718. The fourth-order valence-electron chi connectivity index (χ4n) is 2.63. The molecule has 1 fully saturated rings. The van der Waals surface area contributed by atoms with Crippen molar-refractivity contribution >= 4 is 5.91 Å². The summed E-state index contributed by atoms with van der Waals surface area (Å²) in [5.41, 5.74) is 7.67. The van der Waals surface area contributed by atoms with Gasteiger partial charge in [0.05, 0.1) is 24.3 Å². The van der Waals surface area contributed by atoms with E-state index in [2.05, 4.69) is 17.2 Å². The molecule has 2 unspecified atom stereocenters. The number of benzene rings is 1. The van der Waals surface area contributed by atoms with Crippen LogP contribution in [0, 0.1) is 18.8 Å². The number of nitrogens with two attached hydrogens (primary N) is 1. The first kappa shape index (κ1) is 15.6. The lowest BCUT2D eigenvalue weighted by Gasteiger charge is -2.28. The summed E-state index contributed by atoms with van der Waals surface area (Å²) in [4.78, 5) is 12.4. The number of carbonyl (C=O) groups excluding carboxylic acids is 1. The van der Waals surface area contributed by atoms with Crippen molar-refractivity contribution in [1.82, 2.24) is 5.32 Å². The molecule has 1 aromatic carbocycles. The minimum Gasteiger partial charge on any atom is -0.391 e. The van der Waals surface area contributed by atoms with Crippen LogP contribution in [0.25, 0.3) is 0 Å². The van der Waals surface area contributed by atoms with E-state index in [1.54, 1.807) is 6.07 Å². The van der Waals surface area contributed by atoms with Gasteiger partial charge in [0.15, 0.2) is 0 Å². The van der Waals surface area contributed by atoms with Gasteiger partial charge in [-0.25, -0.2) is 0 Å². The standard InChI is InChI=1S/C17H22N2O2/c1-12-8-9-14(13(11-12)5-4-10-18)17(21)19-15-6-2-3-7-16(15)20/h8-9,11,15-16,20H,2-3,6-7,10,18H2,1H3,(H,19,21). The molecule has 0 bridgehead atoms. The Bertz CT molecular complexity index is 572. The number of carbonyl (C=O) groups is 1. The Hall–Kier alpha value is -1.83. The second-order valence-corrected chi connectivity index (χ2v) is 5.49. The maximum atomic E-state index is 12.4. The molecule has 2 rings (SSSR count). The Kier molecular flexibility index (Phi) is 5.38. The van der Waals surface area contributed by atoms with E-state index in [1.165, 1.54) is 0 Å². The Morgan fingerprint density at radius 2 is 2.19 bits per heavy atom. The van der Waals surface area contributed by atoms with Crippen molar-refractivity contribution in [3.8, 4) is 11.8 Å². The van der Waals surface area contributed by atoms with E-state index in [1.807, 2.05) is 19.1 Å². The summed E-state index contributed by atoms with van der Waals surface area (Å²) in [6.07, 6.45) is 3.18.